The molecule has 0 saturated heterocycles. The maximum Gasteiger partial charge on any atom is 0.242 e. The minimum Gasteiger partial charge on any atom is -0.354 e. The number of halogens is 1. The molecule has 0 fully saturated rings. The molecule has 0 radical (unpaired) electrons. The van der Waals surface area contributed by atoms with E-state index in [1.807, 2.05) is 20.8 Å². The van der Waals surface area contributed by atoms with Crippen LogP contribution in [0.5, 0.6) is 0 Å². The van der Waals surface area contributed by atoms with Crippen molar-refractivity contribution in [2.24, 2.45) is 11.1 Å². The van der Waals surface area contributed by atoms with Crippen molar-refractivity contribution in [3.63, 3.8) is 0 Å². The molecule has 0 spiro atoms. The molecule has 4 N–H and O–H groups in total. The summed E-state index contributed by atoms with van der Waals surface area (Å²) in [6, 6.07) is -0.500. The van der Waals surface area contributed by atoms with Gasteiger partial charge in [-0.05, 0) is 26.3 Å². The Morgan fingerprint density at radius 1 is 1.22 bits per heavy atom. The fraction of sp³-hybridized carbons (Fsp3) is 0.833. The zero-order chi connectivity index (χ0) is 13.5. The fourth-order valence-corrected chi connectivity index (χ4v) is 1.11. The van der Waals surface area contributed by atoms with Gasteiger partial charge in [0.05, 0.1) is 0 Å². The number of unbranched alkanes of at least 4 members (excludes halogenated alkanes) is 1. The first-order valence-electron chi connectivity index (χ1n) is 6.07. The third-order valence-electron chi connectivity index (χ3n) is 2.35. The molecule has 6 heteroatoms. The van der Waals surface area contributed by atoms with E-state index in [2.05, 4.69) is 10.6 Å². The van der Waals surface area contributed by atoms with Gasteiger partial charge in [0.1, 0.15) is 6.04 Å². The van der Waals surface area contributed by atoms with Gasteiger partial charge in [-0.15, -0.1) is 12.4 Å². The molecule has 0 aliphatic rings. The van der Waals surface area contributed by atoms with Crippen molar-refractivity contribution in [2.45, 2.75) is 46.6 Å². The Hall–Kier alpha value is -0.810. The first-order chi connectivity index (χ1) is 7.79. The lowest BCUT2D eigenvalue weighted by atomic mass is 9.95. The van der Waals surface area contributed by atoms with Crippen LogP contribution in [0.15, 0.2) is 0 Å². The standard InChI is InChI=1S/C12H25N3O2.ClH/c1-9(15-11(17)12(2,3)4)10(16)14-8-6-5-7-13;/h9H,5-8,13H2,1-4H3,(H,14,16)(H,15,17);1H. The largest absolute Gasteiger partial charge is 0.354 e. The predicted octanol–water partition coefficient (Wildman–Crippen LogP) is 0.814. The lowest BCUT2D eigenvalue weighted by Crippen LogP contribution is -2.48. The molecule has 0 rings (SSSR count). The van der Waals surface area contributed by atoms with Crippen LogP contribution in [0.4, 0.5) is 0 Å². The van der Waals surface area contributed by atoms with Gasteiger partial charge in [0, 0.05) is 12.0 Å². The van der Waals surface area contributed by atoms with Crippen LogP contribution in [0.1, 0.15) is 40.5 Å². The molecule has 1 atom stereocenters. The highest BCUT2D eigenvalue weighted by Crippen LogP contribution is 2.12. The van der Waals surface area contributed by atoms with E-state index in [1.165, 1.54) is 0 Å². The Morgan fingerprint density at radius 2 is 1.78 bits per heavy atom. The normalized spacial score (nSPS) is 12.3. The van der Waals surface area contributed by atoms with E-state index in [4.69, 9.17) is 5.73 Å². The Bertz CT molecular complexity index is 265. The van der Waals surface area contributed by atoms with E-state index in [1.54, 1.807) is 6.92 Å². The molecule has 0 bridgehead atoms. The lowest BCUT2D eigenvalue weighted by molar-refractivity contribution is -0.133. The van der Waals surface area contributed by atoms with Crippen molar-refractivity contribution in [2.75, 3.05) is 13.1 Å². The summed E-state index contributed by atoms with van der Waals surface area (Å²) in [4.78, 5) is 23.3. The average Bonchev–Trinajstić information content (AvgIpc) is 2.22. The highest BCUT2D eigenvalue weighted by Gasteiger charge is 2.24. The van der Waals surface area contributed by atoms with Gasteiger partial charge in [-0.25, -0.2) is 0 Å². The number of nitrogens with two attached hydrogens (primary N) is 1. The average molecular weight is 280 g/mol. The highest BCUT2D eigenvalue weighted by atomic mass is 35.5. The van der Waals surface area contributed by atoms with Crippen molar-refractivity contribution in [1.29, 1.82) is 0 Å². The second-order valence-corrected chi connectivity index (χ2v) is 5.23. The zero-order valence-corrected chi connectivity index (χ0v) is 12.5. The van der Waals surface area contributed by atoms with Crippen LogP contribution in [-0.2, 0) is 9.59 Å². The van der Waals surface area contributed by atoms with Gasteiger partial charge in [-0.1, -0.05) is 20.8 Å². The van der Waals surface area contributed by atoms with E-state index in [-0.39, 0.29) is 24.2 Å². The van der Waals surface area contributed by atoms with Crippen LogP contribution in [0.2, 0.25) is 0 Å². The summed E-state index contributed by atoms with van der Waals surface area (Å²) in [7, 11) is 0. The zero-order valence-electron chi connectivity index (χ0n) is 11.7. The minimum absolute atomic E-state index is 0. The summed E-state index contributed by atoms with van der Waals surface area (Å²) in [5.41, 5.74) is 4.87. The van der Waals surface area contributed by atoms with Crippen molar-refractivity contribution in [1.82, 2.24) is 10.6 Å². The second kappa shape index (κ2) is 9.16. The predicted molar refractivity (Wildman–Crippen MR) is 75.6 cm³/mol. The van der Waals surface area contributed by atoms with E-state index in [0.717, 1.165) is 12.8 Å². The molecule has 1 unspecified atom stereocenters. The first kappa shape index (κ1) is 19.5. The molecule has 108 valence electrons. The van der Waals surface area contributed by atoms with Gasteiger partial charge in [0.15, 0.2) is 0 Å². The van der Waals surface area contributed by atoms with E-state index < -0.39 is 11.5 Å². The number of rotatable bonds is 6. The lowest BCUT2D eigenvalue weighted by Gasteiger charge is -2.21. The molecule has 5 nitrogen and oxygen atoms in total. The summed E-state index contributed by atoms with van der Waals surface area (Å²) in [5.74, 6) is -0.276. The Balaban J connectivity index is 0. The SMILES string of the molecule is CC(NC(=O)C(C)(C)C)C(=O)NCCCCN.Cl. The Labute approximate surface area is 116 Å². The fourth-order valence-electron chi connectivity index (χ4n) is 1.11. The molecule has 0 aromatic heterocycles. The van der Waals surface area contributed by atoms with Crippen LogP contribution in [0.3, 0.4) is 0 Å². The summed E-state index contributed by atoms with van der Waals surface area (Å²) < 4.78 is 0. The summed E-state index contributed by atoms with van der Waals surface area (Å²) >= 11 is 0. The molecule has 0 aromatic rings. The van der Waals surface area contributed by atoms with Gasteiger partial charge in [0.2, 0.25) is 11.8 Å². The maximum absolute atomic E-state index is 11.6. The molecule has 0 heterocycles. The summed E-state index contributed by atoms with van der Waals surface area (Å²) in [6.07, 6.45) is 1.76. The van der Waals surface area contributed by atoms with Gasteiger partial charge in [-0.3, -0.25) is 9.59 Å². The molecule has 0 aliphatic carbocycles. The number of hydrogen-bond donors (Lipinski definition) is 3. The second-order valence-electron chi connectivity index (χ2n) is 5.23. The summed E-state index contributed by atoms with van der Waals surface area (Å²) in [6.45, 7) is 8.36. The Morgan fingerprint density at radius 3 is 2.22 bits per heavy atom. The third-order valence-corrected chi connectivity index (χ3v) is 2.35. The number of amides is 2. The topological polar surface area (TPSA) is 84.2 Å². The van der Waals surface area contributed by atoms with Crippen molar-refractivity contribution >= 4 is 24.2 Å². The quantitative estimate of drug-likeness (QED) is 0.629. The van der Waals surface area contributed by atoms with E-state index in [0.29, 0.717) is 13.1 Å². The van der Waals surface area contributed by atoms with E-state index in [9.17, 15) is 9.59 Å². The van der Waals surface area contributed by atoms with Crippen molar-refractivity contribution < 1.29 is 9.59 Å². The molecular weight excluding hydrogens is 254 g/mol. The Kier molecular flexibility index (Phi) is 9.94. The van der Waals surface area contributed by atoms with Gasteiger partial charge >= 0.3 is 0 Å². The maximum atomic E-state index is 11.6. The van der Waals surface area contributed by atoms with Crippen LogP contribution in [0, 0.1) is 5.41 Å². The first-order valence-corrected chi connectivity index (χ1v) is 6.07. The number of carbonyl (C=O) groups excluding carboxylic acids is 2. The molecule has 2 amide bonds. The number of nitrogens with one attached hydrogen (secondary N) is 2. The van der Waals surface area contributed by atoms with Crippen LogP contribution in [-0.4, -0.2) is 30.9 Å². The van der Waals surface area contributed by atoms with Crippen LogP contribution >= 0.6 is 12.4 Å². The molecule has 0 aliphatic heterocycles. The molecule has 18 heavy (non-hydrogen) atoms. The number of hydrogen-bond acceptors (Lipinski definition) is 3. The van der Waals surface area contributed by atoms with Crippen molar-refractivity contribution in [3.05, 3.63) is 0 Å². The van der Waals surface area contributed by atoms with Gasteiger partial charge < -0.3 is 16.4 Å². The monoisotopic (exact) mass is 279 g/mol. The molecule has 0 saturated carbocycles. The third kappa shape index (κ3) is 8.31. The minimum atomic E-state index is -0.500. The molecule has 0 aromatic carbocycles. The molecular formula is C12H26ClN3O2. The summed E-state index contributed by atoms with van der Waals surface area (Å²) in [5, 5.41) is 5.45. The van der Waals surface area contributed by atoms with Crippen molar-refractivity contribution in [3.8, 4) is 0 Å². The smallest absolute Gasteiger partial charge is 0.242 e. The van der Waals surface area contributed by atoms with Crippen LogP contribution in [0.25, 0.3) is 0 Å². The van der Waals surface area contributed by atoms with Gasteiger partial charge in [0.25, 0.3) is 0 Å². The van der Waals surface area contributed by atoms with Crippen LogP contribution < -0.4 is 16.4 Å². The van der Waals surface area contributed by atoms with E-state index >= 15 is 0 Å². The number of carbonyl (C=O) groups is 2. The van der Waals surface area contributed by atoms with Gasteiger partial charge in [-0.2, -0.15) is 0 Å². The highest BCUT2D eigenvalue weighted by molar-refractivity contribution is 5.89.